The number of nitrogens with zero attached hydrogens (tertiary/aromatic N) is 1. The number of fused-ring (bicyclic) bond motifs is 1. The lowest BCUT2D eigenvalue weighted by molar-refractivity contribution is 0.102. The van der Waals surface area contributed by atoms with E-state index < -0.39 is 0 Å². The van der Waals surface area contributed by atoms with Crippen molar-refractivity contribution < 1.29 is 13.9 Å². The quantitative estimate of drug-likeness (QED) is 0.759. The van der Waals surface area contributed by atoms with Gasteiger partial charge in [0.15, 0.2) is 0 Å². The zero-order valence-electron chi connectivity index (χ0n) is 10.3. The number of ether oxygens (including phenoxy) is 1. The van der Waals surface area contributed by atoms with Crippen LogP contribution < -0.4 is 0 Å². The molecule has 0 atom stereocenters. The van der Waals surface area contributed by atoms with Crippen LogP contribution in [0.4, 0.5) is 4.79 Å². The highest BCUT2D eigenvalue weighted by atomic mass is 16.6. The Morgan fingerprint density at radius 1 is 1.47 bits per heavy atom. The highest BCUT2D eigenvalue weighted by Crippen LogP contribution is 2.17. The molecule has 4 nitrogen and oxygen atoms in total. The summed E-state index contributed by atoms with van der Waals surface area (Å²) >= 11 is 0. The standard InChI is InChI=1S/C13H19NO3/c1-2-3-9-17-13(15)14-7-4-11-6-10-16-12(11)5-8-14/h6,10H,2-5,7-9H2,1H3. The molecular weight excluding hydrogens is 218 g/mol. The Bertz CT molecular complexity index is 350. The minimum Gasteiger partial charge on any atom is -0.469 e. The van der Waals surface area contributed by atoms with Gasteiger partial charge < -0.3 is 14.1 Å². The maximum absolute atomic E-state index is 11.8. The molecule has 1 aromatic rings. The monoisotopic (exact) mass is 237 g/mol. The van der Waals surface area contributed by atoms with Crippen molar-refractivity contribution in [2.75, 3.05) is 19.7 Å². The smallest absolute Gasteiger partial charge is 0.409 e. The van der Waals surface area contributed by atoms with Gasteiger partial charge in [0.2, 0.25) is 0 Å². The minimum absolute atomic E-state index is 0.191. The number of carbonyl (C=O) groups is 1. The van der Waals surface area contributed by atoms with Crippen LogP contribution in [0.25, 0.3) is 0 Å². The molecule has 0 aromatic carbocycles. The van der Waals surface area contributed by atoms with Gasteiger partial charge in [-0.3, -0.25) is 0 Å². The molecule has 0 N–H and O–H groups in total. The number of unbranched alkanes of at least 4 members (excludes halogenated alkanes) is 1. The summed E-state index contributed by atoms with van der Waals surface area (Å²) in [6.45, 7) is 4.01. The Hall–Kier alpha value is -1.45. The van der Waals surface area contributed by atoms with Gasteiger partial charge in [0.05, 0.1) is 12.9 Å². The average molecular weight is 237 g/mol. The molecular formula is C13H19NO3. The van der Waals surface area contributed by atoms with Crippen LogP contribution >= 0.6 is 0 Å². The van der Waals surface area contributed by atoms with Crippen molar-refractivity contribution in [3.05, 3.63) is 23.7 Å². The van der Waals surface area contributed by atoms with Crippen LogP contribution in [0.1, 0.15) is 31.1 Å². The molecule has 0 fully saturated rings. The predicted molar refractivity (Wildman–Crippen MR) is 63.9 cm³/mol. The van der Waals surface area contributed by atoms with E-state index >= 15 is 0 Å². The Morgan fingerprint density at radius 2 is 2.29 bits per heavy atom. The van der Waals surface area contributed by atoms with E-state index in [2.05, 4.69) is 6.92 Å². The molecule has 0 bridgehead atoms. The molecule has 1 aliphatic heterocycles. The number of hydrogen-bond acceptors (Lipinski definition) is 3. The molecule has 2 heterocycles. The third kappa shape index (κ3) is 3.02. The number of furan rings is 1. The second-order valence-electron chi connectivity index (χ2n) is 4.32. The van der Waals surface area contributed by atoms with Crippen LogP contribution in [0.5, 0.6) is 0 Å². The molecule has 0 saturated carbocycles. The minimum atomic E-state index is -0.191. The molecule has 0 saturated heterocycles. The first-order valence-electron chi connectivity index (χ1n) is 6.28. The molecule has 17 heavy (non-hydrogen) atoms. The summed E-state index contributed by atoms with van der Waals surface area (Å²) < 4.78 is 10.6. The van der Waals surface area contributed by atoms with Gasteiger partial charge in [0.25, 0.3) is 0 Å². The van der Waals surface area contributed by atoms with Crippen LogP contribution in [-0.4, -0.2) is 30.7 Å². The van der Waals surface area contributed by atoms with Crippen molar-refractivity contribution in [1.82, 2.24) is 4.90 Å². The number of rotatable bonds is 3. The Kier molecular flexibility index (Phi) is 4.07. The van der Waals surface area contributed by atoms with Gasteiger partial charge in [-0.1, -0.05) is 13.3 Å². The van der Waals surface area contributed by atoms with Gasteiger partial charge in [0, 0.05) is 19.5 Å². The van der Waals surface area contributed by atoms with E-state index in [0.29, 0.717) is 13.2 Å². The molecule has 4 heteroatoms. The molecule has 0 unspecified atom stereocenters. The zero-order chi connectivity index (χ0) is 12.1. The summed E-state index contributed by atoms with van der Waals surface area (Å²) in [4.78, 5) is 13.5. The first-order chi connectivity index (χ1) is 8.31. The summed E-state index contributed by atoms with van der Waals surface area (Å²) in [7, 11) is 0. The first-order valence-corrected chi connectivity index (χ1v) is 6.28. The zero-order valence-corrected chi connectivity index (χ0v) is 10.3. The van der Waals surface area contributed by atoms with Crippen LogP contribution in [0.3, 0.4) is 0 Å². The molecule has 1 aliphatic rings. The highest BCUT2D eigenvalue weighted by Gasteiger charge is 2.20. The molecule has 0 radical (unpaired) electrons. The van der Waals surface area contributed by atoms with E-state index in [1.54, 1.807) is 11.2 Å². The third-order valence-corrected chi connectivity index (χ3v) is 3.08. The Labute approximate surface area is 102 Å². The van der Waals surface area contributed by atoms with E-state index in [1.165, 1.54) is 5.56 Å². The van der Waals surface area contributed by atoms with E-state index in [1.807, 2.05) is 6.07 Å². The fraction of sp³-hybridized carbons (Fsp3) is 0.615. The van der Waals surface area contributed by atoms with Crippen LogP contribution in [0.2, 0.25) is 0 Å². The lowest BCUT2D eigenvalue weighted by Gasteiger charge is -2.19. The lowest BCUT2D eigenvalue weighted by Crippen LogP contribution is -2.34. The van der Waals surface area contributed by atoms with Gasteiger partial charge >= 0.3 is 6.09 Å². The summed E-state index contributed by atoms with van der Waals surface area (Å²) in [5.41, 5.74) is 1.22. The van der Waals surface area contributed by atoms with Gasteiger partial charge in [-0.25, -0.2) is 4.79 Å². The highest BCUT2D eigenvalue weighted by molar-refractivity contribution is 5.67. The normalized spacial score (nSPS) is 15.2. The second kappa shape index (κ2) is 5.75. The third-order valence-electron chi connectivity index (χ3n) is 3.08. The van der Waals surface area contributed by atoms with Gasteiger partial charge in [-0.05, 0) is 24.5 Å². The number of carbonyl (C=O) groups excluding carboxylic acids is 1. The van der Waals surface area contributed by atoms with Crippen LogP contribution in [0.15, 0.2) is 16.7 Å². The summed E-state index contributed by atoms with van der Waals surface area (Å²) in [5.74, 6) is 1.01. The van der Waals surface area contributed by atoms with Crippen LogP contribution in [0, 0.1) is 0 Å². The number of amides is 1. The Morgan fingerprint density at radius 3 is 3.12 bits per heavy atom. The van der Waals surface area contributed by atoms with Gasteiger partial charge in [0.1, 0.15) is 5.76 Å². The van der Waals surface area contributed by atoms with Crippen molar-refractivity contribution in [2.24, 2.45) is 0 Å². The molecule has 0 aliphatic carbocycles. The first kappa shape index (κ1) is 12.0. The number of hydrogen-bond donors (Lipinski definition) is 0. The topological polar surface area (TPSA) is 42.7 Å². The molecule has 1 aromatic heterocycles. The van der Waals surface area contributed by atoms with Gasteiger partial charge in [-0.2, -0.15) is 0 Å². The Balaban J connectivity index is 1.84. The second-order valence-corrected chi connectivity index (χ2v) is 4.32. The largest absolute Gasteiger partial charge is 0.469 e. The van der Waals surface area contributed by atoms with E-state index in [4.69, 9.17) is 9.15 Å². The lowest BCUT2D eigenvalue weighted by atomic mass is 10.2. The van der Waals surface area contributed by atoms with Gasteiger partial charge in [-0.15, -0.1) is 0 Å². The van der Waals surface area contributed by atoms with Crippen molar-refractivity contribution in [3.63, 3.8) is 0 Å². The fourth-order valence-corrected chi connectivity index (χ4v) is 1.99. The van der Waals surface area contributed by atoms with Crippen molar-refractivity contribution >= 4 is 6.09 Å². The molecule has 94 valence electrons. The maximum Gasteiger partial charge on any atom is 0.409 e. The van der Waals surface area contributed by atoms with E-state index in [-0.39, 0.29) is 6.09 Å². The average Bonchev–Trinajstić information content (AvgIpc) is 2.68. The van der Waals surface area contributed by atoms with Crippen molar-refractivity contribution in [2.45, 2.75) is 32.6 Å². The van der Waals surface area contributed by atoms with Crippen molar-refractivity contribution in [3.8, 4) is 0 Å². The summed E-state index contributed by atoms with van der Waals surface area (Å²) in [5, 5.41) is 0. The molecule has 0 spiro atoms. The molecule has 1 amide bonds. The van der Waals surface area contributed by atoms with Crippen molar-refractivity contribution in [1.29, 1.82) is 0 Å². The summed E-state index contributed by atoms with van der Waals surface area (Å²) in [6, 6.07) is 1.99. The molecule has 2 rings (SSSR count). The predicted octanol–water partition coefficient (Wildman–Crippen LogP) is 2.62. The van der Waals surface area contributed by atoms with E-state index in [9.17, 15) is 4.79 Å². The van der Waals surface area contributed by atoms with E-state index in [0.717, 1.165) is 38.0 Å². The summed E-state index contributed by atoms with van der Waals surface area (Å²) in [6.07, 6.45) is 5.14. The fourth-order valence-electron chi connectivity index (χ4n) is 1.99. The maximum atomic E-state index is 11.8. The van der Waals surface area contributed by atoms with Crippen LogP contribution in [-0.2, 0) is 17.6 Å². The SMILES string of the molecule is CCCCOC(=O)N1CCc2ccoc2CC1.